The Hall–Kier alpha value is -1.30. The Kier molecular flexibility index (Phi) is 8.19. The Morgan fingerprint density at radius 1 is 1.19 bits per heavy atom. The largest absolute Gasteiger partial charge is 0.465 e. The number of hydrogen-bond donors (Lipinski definition) is 1. The summed E-state index contributed by atoms with van der Waals surface area (Å²) in [6, 6.07) is 3.41. The molecule has 0 amide bonds. The normalized spacial score (nSPS) is 17.3. The van der Waals surface area contributed by atoms with Crippen molar-refractivity contribution in [2.45, 2.75) is 77.0 Å². The summed E-state index contributed by atoms with van der Waals surface area (Å²) in [4.78, 5) is 4.41. The van der Waals surface area contributed by atoms with Gasteiger partial charge in [0, 0.05) is 11.8 Å². The Morgan fingerprint density at radius 2 is 1.92 bits per heavy atom. The molecule has 3 nitrogen and oxygen atoms in total. The number of nitrogens with zero attached hydrogens (tertiary/aromatic N) is 1. The van der Waals surface area contributed by atoms with E-state index in [0.29, 0.717) is 0 Å². The predicted molar refractivity (Wildman–Crippen MR) is 97.5 cm³/mol. The van der Waals surface area contributed by atoms with Gasteiger partial charge in [0.2, 0.25) is 5.88 Å². The molecule has 0 spiro atoms. The zero-order chi connectivity index (χ0) is 19.0. The van der Waals surface area contributed by atoms with Crippen LogP contribution in [0.1, 0.15) is 63.1 Å². The molecule has 1 aliphatic carbocycles. The Bertz CT molecular complexity index is 542. The molecule has 1 atom stereocenters. The second-order valence-corrected chi connectivity index (χ2v) is 7.31. The van der Waals surface area contributed by atoms with Gasteiger partial charge in [0.05, 0.1) is 0 Å². The number of halogens is 3. The van der Waals surface area contributed by atoms with Gasteiger partial charge in [-0.3, -0.25) is 0 Å². The van der Waals surface area contributed by atoms with Crippen LogP contribution in [0.4, 0.5) is 13.2 Å². The lowest BCUT2D eigenvalue weighted by atomic mass is 9.85. The first-order chi connectivity index (χ1) is 12.4. The Morgan fingerprint density at radius 3 is 2.58 bits per heavy atom. The van der Waals surface area contributed by atoms with E-state index in [4.69, 9.17) is 4.74 Å². The summed E-state index contributed by atoms with van der Waals surface area (Å²) in [5, 5.41) is 3.11. The number of hydrogen-bond acceptors (Lipinski definition) is 3. The topological polar surface area (TPSA) is 34.1 Å². The molecule has 0 radical (unpaired) electrons. The number of alkyl halides is 3. The summed E-state index contributed by atoms with van der Waals surface area (Å²) in [5.74, 6) is 0.866. The summed E-state index contributed by atoms with van der Waals surface area (Å²) >= 11 is 0. The van der Waals surface area contributed by atoms with Crippen molar-refractivity contribution in [3.63, 3.8) is 0 Å². The smallest absolute Gasteiger partial charge is 0.425 e. The van der Waals surface area contributed by atoms with E-state index in [1.54, 1.807) is 6.07 Å². The van der Waals surface area contributed by atoms with Crippen molar-refractivity contribution in [2.75, 3.05) is 13.6 Å². The van der Waals surface area contributed by atoms with E-state index in [1.807, 2.05) is 13.1 Å². The van der Waals surface area contributed by atoms with E-state index in [1.165, 1.54) is 38.5 Å². The lowest BCUT2D eigenvalue weighted by Gasteiger charge is -2.21. The van der Waals surface area contributed by atoms with Gasteiger partial charge >= 0.3 is 6.18 Å². The predicted octanol–water partition coefficient (Wildman–Crippen LogP) is 5.08. The minimum atomic E-state index is -4.38. The van der Waals surface area contributed by atoms with E-state index in [2.05, 4.69) is 10.3 Å². The number of nitrogens with one attached hydrogen (secondary N) is 1. The lowest BCUT2D eigenvalue weighted by molar-refractivity contribution is -0.190. The third kappa shape index (κ3) is 6.78. The SMILES string of the molecule is CNCCc1ccc(O[C@H](C)C(F)(F)F)nc1CCCC1CCCCC1. The molecule has 0 bridgehead atoms. The average Bonchev–Trinajstić information content (AvgIpc) is 2.61. The van der Waals surface area contributed by atoms with Crippen LogP contribution >= 0.6 is 0 Å². The molecule has 1 aromatic heterocycles. The number of aryl methyl sites for hydroxylation is 1. The monoisotopic (exact) mass is 372 g/mol. The van der Waals surface area contributed by atoms with Crippen LogP contribution in [0, 0.1) is 5.92 Å². The minimum absolute atomic E-state index is 0.0655. The van der Waals surface area contributed by atoms with Crippen LogP contribution in [-0.2, 0) is 12.8 Å². The van der Waals surface area contributed by atoms with Crippen LogP contribution in [-0.4, -0.2) is 30.9 Å². The van der Waals surface area contributed by atoms with Crippen molar-refractivity contribution < 1.29 is 17.9 Å². The maximum atomic E-state index is 12.7. The van der Waals surface area contributed by atoms with Crippen LogP contribution in [0.2, 0.25) is 0 Å². The van der Waals surface area contributed by atoms with Crippen LogP contribution in [0.5, 0.6) is 5.88 Å². The maximum absolute atomic E-state index is 12.7. The number of aromatic nitrogens is 1. The van der Waals surface area contributed by atoms with Gasteiger partial charge in [-0.1, -0.05) is 44.6 Å². The molecule has 1 heterocycles. The zero-order valence-electron chi connectivity index (χ0n) is 15.9. The molecule has 0 aromatic carbocycles. The van der Waals surface area contributed by atoms with Crippen molar-refractivity contribution >= 4 is 0 Å². The average molecular weight is 372 g/mol. The van der Waals surface area contributed by atoms with Crippen molar-refractivity contribution in [1.82, 2.24) is 10.3 Å². The quantitative estimate of drug-likeness (QED) is 0.657. The minimum Gasteiger partial charge on any atom is -0.465 e. The standard InChI is InChI=1S/C20H31F3N2O/c1-15(20(21,22)23)26-19-12-11-17(13-14-24-2)18(25-19)10-6-9-16-7-4-3-5-8-16/h11-12,15-16,24H,3-10,13-14H2,1-2H3/t15-/m1/s1. The first-order valence-electron chi connectivity index (χ1n) is 9.77. The van der Waals surface area contributed by atoms with Crippen LogP contribution in [0.3, 0.4) is 0 Å². The molecule has 26 heavy (non-hydrogen) atoms. The molecule has 1 aliphatic rings. The van der Waals surface area contributed by atoms with Gasteiger partial charge in [0.25, 0.3) is 0 Å². The van der Waals surface area contributed by atoms with Crippen LogP contribution in [0.25, 0.3) is 0 Å². The molecule has 148 valence electrons. The van der Waals surface area contributed by atoms with Crippen molar-refractivity contribution in [3.05, 3.63) is 23.4 Å². The highest BCUT2D eigenvalue weighted by Crippen LogP contribution is 2.29. The van der Waals surface area contributed by atoms with E-state index in [9.17, 15) is 13.2 Å². The number of pyridine rings is 1. The zero-order valence-corrected chi connectivity index (χ0v) is 15.9. The van der Waals surface area contributed by atoms with Crippen molar-refractivity contribution in [1.29, 1.82) is 0 Å². The van der Waals surface area contributed by atoms with Crippen LogP contribution < -0.4 is 10.1 Å². The first kappa shape index (κ1) is 21.0. The second-order valence-electron chi connectivity index (χ2n) is 7.31. The maximum Gasteiger partial charge on any atom is 0.425 e. The molecule has 6 heteroatoms. The number of likely N-dealkylation sites (N-methyl/N-ethyl adjacent to an activating group) is 1. The summed E-state index contributed by atoms with van der Waals surface area (Å²) in [7, 11) is 1.89. The fourth-order valence-corrected chi connectivity index (χ4v) is 3.56. The van der Waals surface area contributed by atoms with E-state index in [-0.39, 0.29) is 5.88 Å². The second kappa shape index (κ2) is 10.1. The van der Waals surface area contributed by atoms with Crippen molar-refractivity contribution in [3.8, 4) is 5.88 Å². The number of rotatable bonds is 9. The molecule has 1 aromatic rings. The molecule has 1 fully saturated rings. The van der Waals surface area contributed by atoms with Gasteiger partial charge in [-0.25, -0.2) is 4.98 Å². The van der Waals surface area contributed by atoms with Gasteiger partial charge in [-0.2, -0.15) is 13.2 Å². The molecule has 1 saturated carbocycles. The third-order valence-corrected chi connectivity index (χ3v) is 5.20. The van der Waals surface area contributed by atoms with Gasteiger partial charge < -0.3 is 10.1 Å². The van der Waals surface area contributed by atoms with Gasteiger partial charge in [-0.15, -0.1) is 0 Å². The highest BCUT2D eigenvalue weighted by Gasteiger charge is 2.38. The third-order valence-electron chi connectivity index (χ3n) is 5.20. The highest BCUT2D eigenvalue weighted by atomic mass is 19.4. The summed E-state index contributed by atoms with van der Waals surface area (Å²) < 4.78 is 43.2. The molecular weight excluding hydrogens is 341 g/mol. The summed E-state index contributed by atoms with van der Waals surface area (Å²) in [6.45, 7) is 1.83. The molecule has 2 rings (SSSR count). The molecule has 1 N–H and O–H groups in total. The Labute approximate surface area is 154 Å². The first-order valence-corrected chi connectivity index (χ1v) is 9.77. The number of ether oxygens (including phenoxy) is 1. The molecular formula is C20H31F3N2O. The molecule has 0 unspecified atom stereocenters. The van der Waals surface area contributed by atoms with Gasteiger partial charge in [-0.05, 0) is 51.3 Å². The van der Waals surface area contributed by atoms with E-state index < -0.39 is 12.3 Å². The van der Waals surface area contributed by atoms with E-state index >= 15 is 0 Å². The lowest BCUT2D eigenvalue weighted by Crippen LogP contribution is -2.31. The fourth-order valence-electron chi connectivity index (χ4n) is 3.56. The fraction of sp³-hybridized carbons (Fsp3) is 0.750. The Balaban J connectivity index is 2.00. The van der Waals surface area contributed by atoms with Crippen molar-refractivity contribution in [2.24, 2.45) is 5.92 Å². The summed E-state index contributed by atoms with van der Waals surface area (Å²) in [5.41, 5.74) is 1.97. The van der Waals surface area contributed by atoms with Crippen LogP contribution in [0.15, 0.2) is 12.1 Å². The van der Waals surface area contributed by atoms with E-state index in [0.717, 1.165) is 49.9 Å². The van der Waals surface area contributed by atoms with Gasteiger partial charge in [0.1, 0.15) is 0 Å². The summed E-state index contributed by atoms with van der Waals surface area (Å²) in [6.07, 6.45) is 4.22. The van der Waals surface area contributed by atoms with Gasteiger partial charge in [0.15, 0.2) is 6.10 Å². The molecule has 0 aliphatic heterocycles. The highest BCUT2D eigenvalue weighted by molar-refractivity contribution is 5.26. The molecule has 0 saturated heterocycles.